The zero-order chi connectivity index (χ0) is 29.8. The van der Waals surface area contributed by atoms with Crippen molar-refractivity contribution >= 4 is 40.3 Å². The van der Waals surface area contributed by atoms with Crippen LogP contribution in [-0.4, -0.2) is 51.6 Å². The van der Waals surface area contributed by atoms with Crippen LogP contribution in [0.25, 0.3) is 21.5 Å². The van der Waals surface area contributed by atoms with Crippen molar-refractivity contribution in [1.82, 2.24) is 14.8 Å². The summed E-state index contributed by atoms with van der Waals surface area (Å²) in [7, 11) is 0. The zero-order valence-electron chi connectivity index (χ0n) is 22.4. The van der Waals surface area contributed by atoms with E-state index in [-0.39, 0.29) is 23.2 Å². The van der Waals surface area contributed by atoms with Crippen LogP contribution in [0.2, 0.25) is 5.15 Å². The van der Waals surface area contributed by atoms with Crippen molar-refractivity contribution in [3.63, 3.8) is 0 Å². The average molecular weight is 594 g/mol. The molecule has 0 spiro atoms. The Hall–Kier alpha value is -4.71. The van der Waals surface area contributed by atoms with Crippen LogP contribution in [0.3, 0.4) is 0 Å². The van der Waals surface area contributed by atoms with Crippen LogP contribution in [0.4, 0.5) is 10.1 Å². The molecule has 216 valence electrons. The zero-order valence-corrected chi connectivity index (χ0v) is 23.2. The highest BCUT2D eigenvalue weighted by atomic mass is 35.5. The SMILES string of the molecule is CC(=O)O[C@H]1C(n2ncc3c(N[C@@H](C)c4ccccc4F)cc(Cl)nc32)O[C@H](COC(=O)c2ccccc2)[C@H]1N=[N+]=[N-]. The molecule has 2 aromatic carbocycles. The molecule has 4 aromatic rings. The number of hydrogen-bond donors (Lipinski definition) is 1. The Labute approximate surface area is 244 Å². The summed E-state index contributed by atoms with van der Waals surface area (Å²) in [6.45, 7) is 2.70. The molecule has 1 aliphatic rings. The molecule has 0 saturated carbocycles. The molecular formula is C28H25ClFN7O5. The van der Waals surface area contributed by atoms with E-state index in [2.05, 4.69) is 25.4 Å². The van der Waals surface area contributed by atoms with Gasteiger partial charge in [0.1, 0.15) is 29.7 Å². The third-order valence-electron chi connectivity index (χ3n) is 6.71. The fourth-order valence-electron chi connectivity index (χ4n) is 4.82. The van der Waals surface area contributed by atoms with E-state index in [0.717, 1.165) is 0 Å². The van der Waals surface area contributed by atoms with Crippen molar-refractivity contribution in [1.29, 1.82) is 0 Å². The number of rotatable bonds is 9. The van der Waals surface area contributed by atoms with Crippen LogP contribution < -0.4 is 5.32 Å². The number of fused-ring (bicyclic) bond motifs is 1. The molecule has 0 bridgehead atoms. The number of carbonyl (C=O) groups excluding carboxylic acids is 2. The van der Waals surface area contributed by atoms with E-state index < -0.39 is 42.5 Å². The lowest BCUT2D eigenvalue weighted by Crippen LogP contribution is -2.36. The van der Waals surface area contributed by atoms with Gasteiger partial charge in [-0.2, -0.15) is 5.10 Å². The summed E-state index contributed by atoms with van der Waals surface area (Å²) in [5, 5.41) is 12.1. The number of halogens is 2. The van der Waals surface area contributed by atoms with Crippen LogP contribution in [0, 0.1) is 5.82 Å². The molecule has 5 rings (SSSR count). The number of azide groups is 1. The first-order chi connectivity index (χ1) is 20.3. The van der Waals surface area contributed by atoms with Gasteiger partial charge in [-0.1, -0.05) is 53.1 Å². The number of benzene rings is 2. The fourth-order valence-corrected chi connectivity index (χ4v) is 5.01. The van der Waals surface area contributed by atoms with Crippen molar-refractivity contribution < 1.29 is 28.2 Å². The Morgan fingerprint density at radius 3 is 2.69 bits per heavy atom. The summed E-state index contributed by atoms with van der Waals surface area (Å²) in [5.74, 6) is -1.63. The van der Waals surface area contributed by atoms with Crippen LogP contribution in [-0.2, 0) is 19.0 Å². The maximum Gasteiger partial charge on any atom is 0.338 e. The topological polar surface area (TPSA) is 153 Å². The maximum absolute atomic E-state index is 14.4. The fraction of sp³-hybridized carbons (Fsp3) is 0.286. The quantitative estimate of drug-likeness (QED) is 0.0844. The Morgan fingerprint density at radius 2 is 1.98 bits per heavy atom. The number of carbonyl (C=O) groups is 2. The summed E-state index contributed by atoms with van der Waals surface area (Å²) in [6, 6.07) is 14.8. The standard InChI is InChI=1S/C28H25ClFN7O5/c1-15(18-10-6-7-11-20(18)30)33-21-12-23(29)34-26-19(21)13-32-37(26)27-25(41-16(2)38)24(35-36-31)22(42-27)14-40-28(39)17-8-4-3-5-9-17/h3-13,15,22,24-25,27H,14H2,1-2H3,(H,33,34)/t15-,22+,24+,25+,27?/m0/s1. The van der Waals surface area contributed by atoms with E-state index in [1.54, 1.807) is 61.5 Å². The first-order valence-electron chi connectivity index (χ1n) is 12.9. The molecule has 1 unspecified atom stereocenters. The van der Waals surface area contributed by atoms with Gasteiger partial charge in [-0.3, -0.25) is 4.79 Å². The summed E-state index contributed by atoms with van der Waals surface area (Å²) in [4.78, 5) is 31.9. The van der Waals surface area contributed by atoms with E-state index in [1.807, 2.05) is 0 Å². The number of nitrogens with one attached hydrogen (secondary N) is 1. The molecule has 12 nitrogen and oxygen atoms in total. The Balaban J connectivity index is 1.47. The molecule has 1 N–H and O–H groups in total. The van der Waals surface area contributed by atoms with E-state index in [4.69, 9.17) is 25.8 Å². The predicted octanol–water partition coefficient (Wildman–Crippen LogP) is 5.76. The maximum atomic E-state index is 14.4. The summed E-state index contributed by atoms with van der Waals surface area (Å²) in [6.07, 6.45) is -1.74. The van der Waals surface area contributed by atoms with Crippen molar-refractivity contribution in [2.24, 2.45) is 5.11 Å². The van der Waals surface area contributed by atoms with Crippen LogP contribution in [0.5, 0.6) is 0 Å². The second kappa shape index (κ2) is 12.4. The second-order valence-corrected chi connectivity index (χ2v) is 9.89. The van der Waals surface area contributed by atoms with Gasteiger partial charge in [0.2, 0.25) is 0 Å². The minimum Gasteiger partial charge on any atom is -0.459 e. The lowest BCUT2D eigenvalue weighted by Gasteiger charge is -2.21. The first-order valence-corrected chi connectivity index (χ1v) is 13.3. The highest BCUT2D eigenvalue weighted by molar-refractivity contribution is 6.30. The monoisotopic (exact) mass is 593 g/mol. The molecule has 5 atom stereocenters. The normalized spacial score (nSPS) is 20.5. The molecule has 0 aliphatic carbocycles. The molecular weight excluding hydrogens is 569 g/mol. The molecule has 2 aromatic heterocycles. The van der Waals surface area contributed by atoms with E-state index in [0.29, 0.717) is 22.2 Å². The minimum atomic E-state index is -1.14. The predicted molar refractivity (Wildman–Crippen MR) is 150 cm³/mol. The second-order valence-electron chi connectivity index (χ2n) is 9.51. The van der Waals surface area contributed by atoms with Gasteiger partial charge in [-0.05, 0) is 36.7 Å². The smallest absolute Gasteiger partial charge is 0.338 e. The van der Waals surface area contributed by atoms with Gasteiger partial charge in [-0.25, -0.2) is 18.9 Å². The number of pyridine rings is 1. The van der Waals surface area contributed by atoms with Gasteiger partial charge in [0.15, 0.2) is 18.0 Å². The molecule has 1 fully saturated rings. The number of hydrogen-bond acceptors (Lipinski definition) is 9. The molecule has 3 heterocycles. The van der Waals surface area contributed by atoms with Crippen molar-refractivity contribution in [3.05, 3.63) is 99.4 Å². The van der Waals surface area contributed by atoms with Gasteiger partial charge in [-0.15, -0.1) is 0 Å². The van der Waals surface area contributed by atoms with Crippen LogP contribution >= 0.6 is 11.6 Å². The van der Waals surface area contributed by atoms with Gasteiger partial charge in [0.05, 0.1) is 28.9 Å². The van der Waals surface area contributed by atoms with Crippen LogP contribution in [0.15, 0.2) is 72.0 Å². The Morgan fingerprint density at radius 1 is 1.24 bits per heavy atom. The van der Waals surface area contributed by atoms with Gasteiger partial charge in [0.25, 0.3) is 0 Å². The van der Waals surface area contributed by atoms with E-state index in [1.165, 1.54) is 23.9 Å². The third-order valence-corrected chi connectivity index (χ3v) is 6.90. The number of ether oxygens (including phenoxy) is 3. The lowest BCUT2D eigenvalue weighted by atomic mass is 10.1. The molecule has 0 amide bonds. The highest BCUT2D eigenvalue weighted by Gasteiger charge is 2.49. The largest absolute Gasteiger partial charge is 0.459 e. The lowest BCUT2D eigenvalue weighted by molar-refractivity contribution is -0.153. The first kappa shape index (κ1) is 28.8. The third kappa shape index (κ3) is 5.98. The van der Waals surface area contributed by atoms with Crippen molar-refractivity contribution in [2.45, 2.75) is 44.4 Å². The van der Waals surface area contributed by atoms with Crippen LogP contribution in [0.1, 0.15) is 42.0 Å². The number of anilines is 1. The number of aromatic nitrogens is 3. The molecule has 14 heteroatoms. The van der Waals surface area contributed by atoms with Gasteiger partial charge < -0.3 is 19.5 Å². The average Bonchev–Trinajstić information content (AvgIpc) is 3.53. The molecule has 1 aliphatic heterocycles. The van der Waals surface area contributed by atoms with E-state index >= 15 is 0 Å². The minimum absolute atomic E-state index is 0.106. The Bertz CT molecular complexity index is 1660. The molecule has 42 heavy (non-hydrogen) atoms. The van der Waals surface area contributed by atoms with Gasteiger partial charge in [0, 0.05) is 17.4 Å². The number of nitrogens with zero attached hydrogens (tertiary/aromatic N) is 6. The van der Waals surface area contributed by atoms with Crippen molar-refractivity contribution in [2.75, 3.05) is 11.9 Å². The van der Waals surface area contributed by atoms with E-state index in [9.17, 15) is 19.5 Å². The molecule has 0 radical (unpaired) electrons. The molecule has 1 saturated heterocycles. The van der Waals surface area contributed by atoms with Gasteiger partial charge >= 0.3 is 11.9 Å². The Kier molecular flexibility index (Phi) is 8.53. The highest BCUT2D eigenvalue weighted by Crippen LogP contribution is 2.37. The number of esters is 2. The van der Waals surface area contributed by atoms with Crippen molar-refractivity contribution in [3.8, 4) is 0 Å². The summed E-state index contributed by atoms with van der Waals surface area (Å²) >= 11 is 6.37. The summed E-state index contributed by atoms with van der Waals surface area (Å²) in [5.41, 5.74) is 10.8. The summed E-state index contributed by atoms with van der Waals surface area (Å²) < 4.78 is 32.9.